The number of thioether (sulfide) groups is 1. The average molecular weight is 343 g/mol. The number of hydrogen-bond donors (Lipinski definition) is 2. The van der Waals surface area contributed by atoms with Crippen LogP contribution in [0, 0.1) is 0 Å². The molecule has 19 heavy (non-hydrogen) atoms. The maximum atomic E-state index is 12.1. The van der Waals surface area contributed by atoms with Crippen LogP contribution in [-0.4, -0.2) is 34.0 Å². The third-order valence-corrected chi connectivity index (χ3v) is 5.41. The van der Waals surface area contributed by atoms with Crippen LogP contribution in [0.4, 0.5) is 0 Å². The second kappa shape index (κ2) is 7.71. The highest BCUT2D eigenvalue weighted by atomic mass is 35.5. The van der Waals surface area contributed by atoms with Gasteiger partial charge in [0.25, 0.3) is 0 Å². The zero-order valence-electron chi connectivity index (χ0n) is 10.7. The largest absolute Gasteiger partial charge is 0.316 e. The summed E-state index contributed by atoms with van der Waals surface area (Å²) < 4.78 is 26.8. The van der Waals surface area contributed by atoms with Gasteiger partial charge in [0.2, 0.25) is 10.0 Å². The molecule has 1 aromatic carbocycles. The standard InChI is InChI=1S/C11H16Cl2N2O2S2/c1-14-7-8-9(12)3-4-10(11(8)13)19(16,17)15-5-6-18-2/h3-4,14-15H,5-7H2,1-2H3. The van der Waals surface area contributed by atoms with Crippen LogP contribution in [-0.2, 0) is 16.6 Å². The molecule has 0 saturated carbocycles. The molecule has 0 unspecified atom stereocenters. The monoisotopic (exact) mass is 342 g/mol. The molecule has 4 nitrogen and oxygen atoms in total. The molecule has 0 aliphatic carbocycles. The number of nitrogens with one attached hydrogen (secondary N) is 2. The third kappa shape index (κ3) is 4.51. The molecule has 1 aromatic rings. The minimum Gasteiger partial charge on any atom is -0.316 e. The lowest BCUT2D eigenvalue weighted by atomic mass is 10.2. The van der Waals surface area contributed by atoms with E-state index in [-0.39, 0.29) is 9.92 Å². The summed E-state index contributed by atoms with van der Waals surface area (Å²) in [7, 11) is -1.86. The number of hydrogen-bond acceptors (Lipinski definition) is 4. The number of sulfonamides is 1. The molecule has 1 rings (SSSR count). The van der Waals surface area contributed by atoms with Crippen molar-refractivity contribution in [3.8, 4) is 0 Å². The van der Waals surface area contributed by atoms with Crippen molar-refractivity contribution >= 4 is 45.0 Å². The Morgan fingerprint density at radius 1 is 1.32 bits per heavy atom. The van der Waals surface area contributed by atoms with E-state index in [1.165, 1.54) is 6.07 Å². The van der Waals surface area contributed by atoms with E-state index in [0.717, 1.165) is 0 Å². The van der Waals surface area contributed by atoms with Crippen LogP contribution in [0.3, 0.4) is 0 Å². The van der Waals surface area contributed by atoms with E-state index >= 15 is 0 Å². The van der Waals surface area contributed by atoms with Crippen LogP contribution in [0.5, 0.6) is 0 Å². The van der Waals surface area contributed by atoms with E-state index in [4.69, 9.17) is 23.2 Å². The predicted molar refractivity (Wildman–Crippen MR) is 82.8 cm³/mol. The highest BCUT2D eigenvalue weighted by Gasteiger charge is 2.20. The number of halogens is 2. The van der Waals surface area contributed by atoms with Gasteiger partial charge in [0, 0.05) is 29.4 Å². The first-order valence-electron chi connectivity index (χ1n) is 5.54. The minimum absolute atomic E-state index is 0.0601. The fraction of sp³-hybridized carbons (Fsp3) is 0.455. The molecule has 0 radical (unpaired) electrons. The summed E-state index contributed by atoms with van der Waals surface area (Å²) in [6, 6.07) is 2.97. The maximum absolute atomic E-state index is 12.1. The van der Waals surface area contributed by atoms with Gasteiger partial charge in [-0.2, -0.15) is 11.8 Å². The topological polar surface area (TPSA) is 58.2 Å². The molecule has 0 atom stereocenters. The summed E-state index contributed by atoms with van der Waals surface area (Å²) in [6.45, 7) is 0.773. The van der Waals surface area contributed by atoms with Gasteiger partial charge in [-0.15, -0.1) is 0 Å². The second-order valence-corrected chi connectivity index (χ2v) is 7.27. The molecule has 2 N–H and O–H groups in total. The van der Waals surface area contributed by atoms with Crippen molar-refractivity contribution in [1.29, 1.82) is 0 Å². The predicted octanol–water partition coefficient (Wildman–Crippen LogP) is 2.35. The van der Waals surface area contributed by atoms with E-state index in [0.29, 0.717) is 29.4 Å². The number of rotatable bonds is 7. The Hall–Kier alpha value is 0.0200. The Morgan fingerprint density at radius 3 is 2.58 bits per heavy atom. The molecule has 0 fully saturated rings. The quantitative estimate of drug-likeness (QED) is 0.747. The summed E-state index contributed by atoms with van der Waals surface area (Å²) in [6.07, 6.45) is 1.91. The van der Waals surface area contributed by atoms with E-state index in [2.05, 4.69) is 10.0 Å². The normalized spacial score (nSPS) is 11.8. The molecule has 8 heteroatoms. The Bertz CT molecular complexity index is 536. The van der Waals surface area contributed by atoms with Crippen LogP contribution in [0.1, 0.15) is 5.56 Å². The molecule has 0 aliphatic rings. The zero-order valence-corrected chi connectivity index (χ0v) is 13.8. The van der Waals surface area contributed by atoms with Gasteiger partial charge in [0.1, 0.15) is 4.90 Å². The molecule has 108 valence electrons. The molecule has 0 saturated heterocycles. The van der Waals surface area contributed by atoms with E-state index in [1.54, 1.807) is 24.9 Å². The van der Waals surface area contributed by atoms with Gasteiger partial charge < -0.3 is 5.32 Å². The summed E-state index contributed by atoms with van der Waals surface area (Å²) in [5, 5.41) is 3.52. The van der Waals surface area contributed by atoms with Crippen LogP contribution in [0.25, 0.3) is 0 Å². The van der Waals surface area contributed by atoms with Crippen LogP contribution in [0.15, 0.2) is 17.0 Å². The molecular formula is C11H16Cl2N2O2S2. The lowest BCUT2D eigenvalue weighted by Gasteiger charge is -2.12. The molecule has 0 spiro atoms. The van der Waals surface area contributed by atoms with E-state index < -0.39 is 10.0 Å². The van der Waals surface area contributed by atoms with Crippen LogP contribution >= 0.6 is 35.0 Å². The zero-order chi connectivity index (χ0) is 14.5. The van der Waals surface area contributed by atoms with Gasteiger partial charge >= 0.3 is 0 Å². The molecular weight excluding hydrogens is 327 g/mol. The first kappa shape index (κ1) is 17.1. The summed E-state index contributed by atoms with van der Waals surface area (Å²) in [5.41, 5.74) is 0.582. The van der Waals surface area contributed by atoms with Gasteiger partial charge in [0.05, 0.1) is 5.02 Å². The summed E-state index contributed by atoms with van der Waals surface area (Å²) >= 11 is 13.7. The second-order valence-electron chi connectivity index (χ2n) is 3.76. The molecule has 0 aromatic heterocycles. The Morgan fingerprint density at radius 2 is 2.00 bits per heavy atom. The van der Waals surface area contributed by atoms with E-state index in [1.807, 2.05) is 6.26 Å². The van der Waals surface area contributed by atoms with Crippen LogP contribution < -0.4 is 10.0 Å². The Balaban J connectivity index is 3.10. The molecule has 0 bridgehead atoms. The SMILES string of the molecule is CNCc1c(Cl)ccc(S(=O)(=O)NCCSC)c1Cl. The molecule has 0 aliphatic heterocycles. The lowest BCUT2D eigenvalue weighted by molar-refractivity contribution is 0.584. The number of benzene rings is 1. The molecule has 0 amide bonds. The summed E-state index contributed by atoms with van der Waals surface area (Å²) in [5.74, 6) is 0.702. The smallest absolute Gasteiger partial charge is 0.242 e. The summed E-state index contributed by atoms with van der Waals surface area (Å²) in [4.78, 5) is 0.0601. The third-order valence-electron chi connectivity index (χ3n) is 2.39. The highest BCUT2D eigenvalue weighted by Crippen LogP contribution is 2.30. The van der Waals surface area contributed by atoms with Gasteiger partial charge in [-0.05, 0) is 25.4 Å². The molecule has 0 heterocycles. The van der Waals surface area contributed by atoms with Crippen molar-refractivity contribution in [2.24, 2.45) is 0 Å². The highest BCUT2D eigenvalue weighted by molar-refractivity contribution is 7.98. The average Bonchev–Trinajstić information content (AvgIpc) is 2.34. The van der Waals surface area contributed by atoms with Crippen molar-refractivity contribution in [3.05, 3.63) is 27.7 Å². The van der Waals surface area contributed by atoms with Gasteiger partial charge in [-0.1, -0.05) is 23.2 Å². The van der Waals surface area contributed by atoms with Gasteiger partial charge in [-0.3, -0.25) is 0 Å². The van der Waals surface area contributed by atoms with Crippen molar-refractivity contribution in [1.82, 2.24) is 10.0 Å². The van der Waals surface area contributed by atoms with Crippen molar-refractivity contribution in [2.45, 2.75) is 11.4 Å². The van der Waals surface area contributed by atoms with Crippen molar-refractivity contribution in [2.75, 3.05) is 25.6 Å². The minimum atomic E-state index is -3.60. The Labute approximate surface area is 128 Å². The van der Waals surface area contributed by atoms with Crippen molar-refractivity contribution < 1.29 is 8.42 Å². The Kier molecular flexibility index (Phi) is 6.93. The van der Waals surface area contributed by atoms with Gasteiger partial charge in [-0.25, -0.2) is 13.1 Å². The maximum Gasteiger partial charge on any atom is 0.242 e. The lowest BCUT2D eigenvalue weighted by Crippen LogP contribution is -2.26. The van der Waals surface area contributed by atoms with Gasteiger partial charge in [0.15, 0.2) is 0 Å². The van der Waals surface area contributed by atoms with Crippen LogP contribution in [0.2, 0.25) is 10.0 Å². The van der Waals surface area contributed by atoms with Crippen molar-refractivity contribution in [3.63, 3.8) is 0 Å². The fourth-order valence-electron chi connectivity index (χ4n) is 1.48. The fourth-order valence-corrected chi connectivity index (χ4v) is 3.86. The van der Waals surface area contributed by atoms with E-state index in [9.17, 15) is 8.42 Å². The first-order chi connectivity index (χ1) is 8.94. The first-order valence-corrected chi connectivity index (χ1v) is 9.17.